The lowest BCUT2D eigenvalue weighted by atomic mass is 9.71. The summed E-state index contributed by atoms with van der Waals surface area (Å²) in [4.78, 5) is 0.433. The molecule has 0 aliphatic heterocycles. The van der Waals surface area contributed by atoms with Crippen LogP contribution in [0.15, 0.2) is 41.3 Å². The number of sulfone groups is 1. The fraction of sp³-hybridized carbons (Fsp3) is 0.467. The highest BCUT2D eigenvalue weighted by Gasteiger charge is 2.41. The Morgan fingerprint density at radius 2 is 2.11 bits per heavy atom. The van der Waals surface area contributed by atoms with Crippen LogP contribution >= 0.6 is 0 Å². The fourth-order valence-electron chi connectivity index (χ4n) is 3.10. The molecule has 0 spiro atoms. The molecule has 1 saturated carbocycles. The van der Waals surface area contributed by atoms with E-state index in [-0.39, 0.29) is 5.75 Å². The van der Waals surface area contributed by atoms with E-state index < -0.39 is 9.84 Å². The quantitative estimate of drug-likeness (QED) is 0.861. The molecule has 1 N–H and O–H groups in total. The number of anilines is 1. The Morgan fingerprint density at radius 1 is 1.32 bits per heavy atom. The van der Waals surface area contributed by atoms with Crippen LogP contribution in [0.25, 0.3) is 0 Å². The van der Waals surface area contributed by atoms with E-state index in [9.17, 15) is 8.42 Å². The zero-order valence-corrected chi connectivity index (χ0v) is 11.9. The summed E-state index contributed by atoms with van der Waals surface area (Å²) in [6.45, 7) is 1.69. The van der Waals surface area contributed by atoms with E-state index in [1.165, 1.54) is 6.42 Å². The van der Waals surface area contributed by atoms with E-state index in [0.29, 0.717) is 16.9 Å². The molecule has 0 heterocycles. The number of para-hydroxylation sites is 1. The summed E-state index contributed by atoms with van der Waals surface area (Å²) in [7, 11) is -3.16. The second-order valence-corrected chi connectivity index (χ2v) is 7.63. The monoisotopic (exact) mass is 277 g/mol. The van der Waals surface area contributed by atoms with Gasteiger partial charge in [0.2, 0.25) is 0 Å². The van der Waals surface area contributed by atoms with Crippen molar-refractivity contribution in [3.05, 3.63) is 36.4 Å². The van der Waals surface area contributed by atoms with Crippen LogP contribution < -0.4 is 5.32 Å². The second kappa shape index (κ2) is 4.67. The Balaban J connectivity index is 1.84. The van der Waals surface area contributed by atoms with Gasteiger partial charge in [-0.15, -0.1) is 0 Å². The number of hydrogen-bond acceptors (Lipinski definition) is 3. The summed E-state index contributed by atoms with van der Waals surface area (Å²) in [5.74, 6) is 1.49. The highest BCUT2D eigenvalue weighted by atomic mass is 32.2. The highest BCUT2D eigenvalue weighted by molar-refractivity contribution is 7.91. The first-order valence-electron chi connectivity index (χ1n) is 6.87. The largest absolute Gasteiger partial charge is 0.381 e. The lowest BCUT2D eigenvalue weighted by molar-refractivity contribution is 0.217. The normalized spacial score (nSPS) is 28.8. The number of hydrogen-bond donors (Lipinski definition) is 1. The summed E-state index contributed by atoms with van der Waals surface area (Å²) in [5, 5.41) is 3.43. The van der Waals surface area contributed by atoms with Gasteiger partial charge in [-0.2, -0.15) is 0 Å². The first-order chi connectivity index (χ1) is 9.12. The highest BCUT2D eigenvalue weighted by Crippen LogP contribution is 2.44. The van der Waals surface area contributed by atoms with Crippen molar-refractivity contribution in [2.75, 3.05) is 11.1 Å². The molecule has 0 radical (unpaired) electrons. The van der Waals surface area contributed by atoms with Crippen LogP contribution in [-0.4, -0.2) is 20.2 Å². The number of benzene rings is 1. The predicted octanol–water partition coefficient (Wildman–Crippen LogP) is 2.86. The fourth-order valence-corrected chi connectivity index (χ4v) is 4.15. The smallest absolute Gasteiger partial charge is 0.180 e. The zero-order valence-electron chi connectivity index (χ0n) is 11.0. The van der Waals surface area contributed by atoms with Crippen molar-refractivity contribution >= 4 is 15.5 Å². The lowest BCUT2D eigenvalue weighted by Gasteiger charge is -2.41. The second-order valence-electron chi connectivity index (χ2n) is 5.39. The van der Waals surface area contributed by atoms with E-state index in [2.05, 4.69) is 17.5 Å². The maximum Gasteiger partial charge on any atom is 0.180 e. The van der Waals surface area contributed by atoms with Crippen LogP contribution in [0.1, 0.15) is 19.8 Å². The zero-order chi connectivity index (χ0) is 13.5. The van der Waals surface area contributed by atoms with E-state index in [0.717, 1.165) is 18.0 Å². The molecule has 0 saturated heterocycles. The van der Waals surface area contributed by atoms with Gasteiger partial charge < -0.3 is 5.32 Å². The molecular weight excluding hydrogens is 258 g/mol. The van der Waals surface area contributed by atoms with Crippen molar-refractivity contribution in [1.82, 2.24) is 0 Å². The Bertz CT molecular complexity index is 606. The van der Waals surface area contributed by atoms with E-state index >= 15 is 0 Å². The van der Waals surface area contributed by atoms with Crippen molar-refractivity contribution in [2.24, 2.45) is 11.8 Å². The van der Waals surface area contributed by atoms with Crippen molar-refractivity contribution in [3.63, 3.8) is 0 Å². The molecule has 3 atom stereocenters. The molecule has 2 aliphatic rings. The molecule has 1 aromatic carbocycles. The van der Waals surface area contributed by atoms with Gasteiger partial charge in [0.15, 0.2) is 9.84 Å². The average Bonchev–Trinajstić information content (AvgIpc) is 2.78. The third-order valence-corrected chi connectivity index (χ3v) is 6.09. The van der Waals surface area contributed by atoms with Gasteiger partial charge >= 0.3 is 0 Å². The van der Waals surface area contributed by atoms with Crippen molar-refractivity contribution in [3.8, 4) is 0 Å². The van der Waals surface area contributed by atoms with Gasteiger partial charge in [-0.1, -0.05) is 31.2 Å². The van der Waals surface area contributed by atoms with Crippen molar-refractivity contribution in [2.45, 2.75) is 30.7 Å². The number of nitrogens with one attached hydrogen (secondary N) is 1. The Hall–Kier alpha value is -1.29. The van der Waals surface area contributed by atoms with Crippen LogP contribution in [0.3, 0.4) is 0 Å². The van der Waals surface area contributed by atoms with Crippen LogP contribution in [0.5, 0.6) is 0 Å². The Morgan fingerprint density at radius 3 is 2.84 bits per heavy atom. The summed E-state index contributed by atoms with van der Waals surface area (Å²) < 4.78 is 24.2. The number of allylic oxidation sites excluding steroid dienone is 1. The van der Waals surface area contributed by atoms with E-state index in [1.807, 2.05) is 12.1 Å². The SMILES string of the molecule is CCS(=O)(=O)c1ccccc1NC1CC2CC=CC21. The first kappa shape index (κ1) is 12.7. The topological polar surface area (TPSA) is 46.2 Å². The average molecular weight is 277 g/mol. The maximum absolute atomic E-state index is 12.1. The van der Waals surface area contributed by atoms with Crippen LogP contribution in [-0.2, 0) is 9.84 Å². The minimum atomic E-state index is -3.16. The van der Waals surface area contributed by atoms with Gasteiger partial charge in [0.25, 0.3) is 0 Å². The minimum Gasteiger partial charge on any atom is -0.381 e. The number of fused-ring (bicyclic) bond motifs is 1. The van der Waals surface area contributed by atoms with Crippen LogP contribution in [0.4, 0.5) is 5.69 Å². The standard InChI is InChI=1S/C15H19NO2S/c1-2-19(17,18)15-9-4-3-8-13(15)16-14-10-11-6-5-7-12(11)14/h3-5,7-9,11-12,14,16H,2,6,10H2,1H3. The molecule has 3 rings (SSSR count). The Labute approximate surface area is 114 Å². The lowest BCUT2D eigenvalue weighted by Crippen LogP contribution is -2.43. The van der Waals surface area contributed by atoms with Gasteiger partial charge in [0.1, 0.15) is 0 Å². The molecule has 3 nitrogen and oxygen atoms in total. The van der Waals surface area contributed by atoms with E-state index in [4.69, 9.17) is 0 Å². The van der Waals surface area contributed by atoms with Crippen LogP contribution in [0, 0.1) is 11.8 Å². The molecule has 19 heavy (non-hydrogen) atoms. The maximum atomic E-state index is 12.1. The minimum absolute atomic E-state index is 0.141. The predicted molar refractivity (Wildman–Crippen MR) is 76.9 cm³/mol. The third kappa shape index (κ3) is 2.18. The molecule has 0 aromatic heterocycles. The molecule has 1 fully saturated rings. The van der Waals surface area contributed by atoms with Crippen LogP contribution in [0.2, 0.25) is 0 Å². The summed E-state index contributed by atoms with van der Waals surface area (Å²) in [6, 6.07) is 7.62. The summed E-state index contributed by atoms with van der Waals surface area (Å²) in [6.07, 6.45) is 6.82. The molecule has 102 valence electrons. The molecule has 2 aliphatic carbocycles. The van der Waals surface area contributed by atoms with Gasteiger partial charge in [0.05, 0.1) is 16.3 Å². The molecule has 0 amide bonds. The van der Waals surface area contributed by atoms with Crippen molar-refractivity contribution < 1.29 is 8.42 Å². The summed E-state index contributed by atoms with van der Waals surface area (Å²) in [5.41, 5.74) is 0.758. The van der Waals surface area contributed by atoms with Gasteiger partial charge in [-0.3, -0.25) is 0 Å². The van der Waals surface area contributed by atoms with Crippen molar-refractivity contribution in [1.29, 1.82) is 0 Å². The van der Waals surface area contributed by atoms with E-state index in [1.54, 1.807) is 19.1 Å². The number of rotatable bonds is 4. The summed E-state index contributed by atoms with van der Waals surface area (Å²) >= 11 is 0. The molecule has 3 unspecified atom stereocenters. The molecule has 4 heteroatoms. The van der Waals surface area contributed by atoms with Gasteiger partial charge in [-0.25, -0.2) is 8.42 Å². The third-order valence-electron chi connectivity index (χ3n) is 4.31. The van der Waals surface area contributed by atoms with Gasteiger partial charge in [-0.05, 0) is 30.9 Å². The molecular formula is C15H19NO2S. The Kier molecular flexibility index (Phi) is 3.13. The molecule has 1 aromatic rings. The van der Waals surface area contributed by atoms with Gasteiger partial charge in [0, 0.05) is 12.0 Å². The first-order valence-corrected chi connectivity index (χ1v) is 8.52. The molecule has 0 bridgehead atoms.